The van der Waals surface area contributed by atoms with Crippen LogP contribution in [0.2, 0.25) is 0 Å². The summed E-state index contributed by atoms with van der Waals surface area (Å²) >= 11 is 1.57. The summed E-state index contributed by atoms with van der Waals surface area (Å²) in [5.74, 6) is 0.146. The molecule has 0 bridgehead atoms. The number of aliphatic carboxylic acids is 1. The quantitative estimate of drug-likeness (QED) is 0.750. The van der Waals surface area contributed by atoms with Gasteiger partial charge in [-0.05, 0) is 29.5 Å². The van der Waals surface area contributed by atoms with E-state index in [0.717, 1.165) is 5.56 Å². The van der Waals surface area contributed by atoms with Crippen molar-refractivity contribution in [3.63, 3.8) is 0 Å². The lowest BCUT2D eigenvalue weighted by Gasteiger charge is -2.18. The van der Waals surface area contributed by atoms with E-state index in [4.69, 9.17) is 0 Å². The minimum atomic E-state index is -0.904. The number of carboxylic acid groups (broad SMARTS) is 1. The summed E-state index contributed by atoms with van der Waals surface area (Å²) in [5.41, 5.74) is 1.55. The summed E-state index contributed by atoms with van der Waals surface area (Å²) in [4.78, 5) is 11.3. The van der Waals surface area contributed by atoms with Gasteiger partial charge >= 0.3 is 5.97 Å². The van der Waals surface area contributed by atoms with Gasteiger partial charge in [0.05, 0.1) is 0 Å². The molecular formula is C14H15N5O2S. The van der Waals surface area contributed by atoms with E-state index in [0.29, 0.717) is 17.3 Å². The van der Waals surface area contributed by atoms with Crippen LogP contribution < -0.4 is 5.32 Å². The maximum Gasteiger partial charge on any atom is 0.326 e. The number of carbonyl (C=O) groups is 1. The zero-order chi connectivity index (χ0) is 15.7. The molecule has 3 aromatic rings. The maximum absolute atomic E-state index is 11.3. The van der Waals surface area contributed by atoms with Gasteiger partial charge in [0, 0.05) is 10.9 Å². The van der Waals surface area contributed by atoms with Gasteiger partial charge in [0.2, 0.25) is 0 Å². The third kappa shape index (κ3) is 2.64. The fraction of sp³-hybridized carbons (Fsp3) is 0.286. The first-order valence-corrected chi connectivity index (χ1v) is 7.75. The molecule has 22 heavy (non-hydrogen) atoms. The summed E-state index contributed by atoms with van der Waals surface area (Å²) in [7, 11) is 0. The lowest BCUT2D eigenvalue weighted by atomic mass is 10.1. The monoisotopic (exact) mass is 317 g/mol. The average molecular weight is 317 g/mol. The molecule has 8 heteroatoms. The Morgan fingerprint density at radius 2 is 2.14 bits per heavy atom. The molecule has 7 nitrogen and oxygen atoms in total. The SMILES string of the molecule is CC(C)[C@@H](Nc1ccc2nnc(-c3ccsc3)n2n1)C(=O)O. The number of fused-ring (bicyclic) bond motifs is 1. The van der Waals surface area contributed by atoms with Crippen molar-refractivity contribution >= 4 is 28.8 Å². The first kappa shape index (κ1) is 14.5. The first-order chi connectivity index (χ1) is 10.6. The van der Waals surface area contributed by atoms with Crippen LogP contribution in [-0.4, -0.2) is 36.9 Å². The second-order valence-electron chi connectivity index (χ2n) is 5.23. The fourth-order valence-electron chi connectivity index (χ4n) is 2.11. The molecule has 0 saturated heterocycles. The Hall–Kier alpha value is -2.48. The standard InChI is InChI=1S/C14H15N5O2S/c1-8(2)12(14(20)21)15-10-3-4-11-16-17-13(19(11)18-10)9-5-6-22-7-9/h3-8,12H,1-2H3,(H,15,18)(H,20,21)/t12-/m1/s1. The molecule has 0 fully saturated rings. The third-order valence-electron chi connectivity index (χ3n) is 3.28. The Bertz CT molecular complexity index is 797. The topological polar surface area (TPSA) is 92.4 Å². The van der Waals surface area contributed by atoms with Crippen LogP contribution in [-0.2, 0) is 4.79 Å². The number of hydrogen-bond donors (Lipinski definition) is 2. The fourth-order valence-corrected chi connectivity index (χ4v) is 2.74. The van der Waals surface area contributed by atoms with Crippen LogP contribution in [0.5, 0.6) is 0 Å². The Kier molecular flexibility index (Phi) is 3.76. The van der Waals surface area contributed by atoms with Crippen molar-refractivity contribution in [3.05, 3.63) is 29.0 Å². The van der Waals surface area contributed by atoms with Gasteiger partial charge in [0.15, 0.2) is 11.5 Å². The van der Waals surface area contributed by atoms with Gasteiger partial charge in [-0.2, -0.15) is 15.9 Å². The summed E-state index contributed by atoms with van der Waals surface area (Å²) in [6, 6.07) is 4.71. The number of carboxylic acids is 1. The maximum atomic E-state index is 11.3. The van der Waals surface area contributed by atoms with Crippen LogP contribution in [0.4, 0.5) is 5.82 Å². The first-order valence-electron chi connectivity index (χ1n) is 6.80. The molecule has 3 aromatic heterocycles. The van der Waals surface area contributed by atoms with Crippen molar-refractivity contribution < 1.29 is 9.90 Å². The van der Waals surface area contributed by atoms with Crippen LogP contribution >= 0.6 is 11.3 Å². The highest BCUT2D eigenvalue weighted by Gasteiger charge is 2.22. The molecule has 0 aromatic carbocycles. The van der Waals surface area contributed by atoms with E-state index in [1.165, 1.54) is 0 Å². The molecule has 0 amide bonds. The van der Waals surface area contributed by atoms with E-state index in [1.807, 2.05) is 30.7 Å². The number of anilines is 1. The smallest absolute Gasteiger partial charge is 0.326 e. The molecule has 114 valence electrons. The molecule has 2 N–H and O–H groups in total. The number of aromatic nitrogens is 4. The van der Waals surface area contributed by atoms with Crippen LogP contribution in [0.15, 0.2) is 29.0 Å². The molecule has 0 radical (unpaired) electrons. The Balaban J connectivity index is 1.98. The molecule has 1 atom stereocenters. The van der Waals surface area contributed by atoms with Gasteiger partial charge in [0.1, 0.15) is 11.9 Å². The van der Waals surface area contributed by atoms with Crippen molar-refractivity contribution in [2.45, 2.75) is 19.9 Å². The van der Waals surface area contributed by atoms with E-state index >= 15 is 0 Å². The largest absolute Gasteiger partial charge is 0.480 e. The lowest BCUT2D eigenvalue weighted by Crippen LogP contribution is -2.34. The summed E-state index contributed by atoms with van der Waals surface area (Å²) in [6.07, 6.45) is 0. The normalized spacial score (nSPS) is 12.7. The van der Waals surface area contributed by atoms with Gasteiger partial charge in [-0.15, -0.1) is 15.3 Å². The number of rotatable bonds is 5. The second-order valence-corrected chi connectivity index (χ2v) is 6.01. The third-order valence-corrected chi connectivity index (χ3v) is 3.96. The van der Waals surface area contributed by atoms with Crippen molar-refractivity contribution in [1.29, 1.82) is 0 Å². The molecule has 0 saturated carbocycles. The van der Waals surface area contributed by atoms with Crippen molar-refractivity contribution in [2.24, 2.45) is 5.92 Å². The van der Waals surface area contributed by atoms with Crippen LogP contribution in [0, 0.1) is 5.92 Å². The highest BCUT2D eigenvalue weighted by molar-refractivity contribution is 7.08. The highest BCUT2D eigenvalue weighted by Crippen LogP contribution is 2.21. The van der Waals surface area contributed by atoms with Crippen LogP contribution in [0.3, 0.4) is 0 Å². The number of nitrogens with one attached hydrogen (secondary N) is 1. The average Bonchev–Trinajstić information content (AvgIpc) is 3.12. The molecule has 3 heterocycles. The van der Waals surface area contributed by atoms with Gasteiger partial charge in [-0.25, -0.2) is 4.79 Å². The van der Waals surface area contributed by atoms with Crippen LogP contribution in [0.1, 0.15) is 13.8 Å². The predicted molar refractivity (Wildman–Crippen MR) is 84.0 cm³/mol. The number of thiophene rings is 1. The highest BCUT2D eigenvalue weighted by atomic mass is 32.1. The molecule has 0 spiro atoms. The molecule has 0 aliphatic rings. The summed E-state index contributed by atoms with van der Waals surface area (Å²) in [6.45, 7) is 3.69. The van der Waals surface area contributed by atoms with Crippen molar-refractivity contribution in [1.82, 2.24) is 19.8 Å². The number of hydrogen-bond acceptors (Lipinski definition) is 6. The van der Waals surface area contributed by atoms with Gasteiger partial charge < -0.3 is 10.4 Å². The molecular weight excluding hydrogens is 302 g/mol. The molecule has 0 aliphatic heterocycles. The minimum Gasteiger partial charge on any atom is -0.480 e. The molecule has 0 unspecified atom stereocenters. The van der Waals surface area contributed by atoms with Crippen molar-refractivity contribution in [3.8, 4) is 11.4 Å². The van der Waals surface area contributed by atoms with Gasteiger partial charge in [-0.3, -0.25) is 0 Å². The van der Waals surface area contributed by atoms with E-state index in [-0.39, 0.29) is 5.92 Å². The van der Waals surface area contributed by atoms with E-state index in [1.54, 1.807) is 28.0 Å². The summed E-state index contributed by atoms with van der Waals surface area (Å²) in [5, 5.41) is 28.8. The van der Waals surface area contributed by atoms with E-state index in [2.05, 4.69) is 20.6 Å². The minimum absolute atomic E-state index is 0.0627. The molecule has 3 rings (SSSR count). The second kappa shape index (κ2) is 5.72. The lowest BCUT2D eigenvalue weighted by molar-refractivity contribution is -0.138. The Morgan fingerprint density at radius 3 is 2.77 bits per heavy atom. The zero-order valence-corrected chi connectivity index (χ0v) is 12.9. The number of nitrogens with zero attached hydrogens (tertiary/aromatic N) is 4. The van der Waals surface area contributed by atoms with Crippen molar-refractivity contribution in [2.75, 3.05) is 5.32 Å². The Morgan fingerprint density at radius 1 is 1.32 bits per heavy atom. The summed E-state index contributed by atoms with van der Waals surface area (Å²) < 4.78 is 1.61. The Labute approximate surface area is 130 Å². The van der Waals surface area contributed by atoms with Crippen LogP contribution in [0.25, 0.3) is 17.0 Å². The van der Waals surface area contributed by atoms with E-state index < -0.39 is 12.0 Å². The van der Waals surface area contributed by atoms with Gasteiger partial charge in [0.25, 0.3) is 0 Å². The molecule has 0 aliphatic carbocycles. The van der Waals surface area contributed by atoms with E-state index in [9.17, 15) is 9.90 Å². The van der Waals surface area contributed by atoms with Gasteiger partial charge in [-0.1, -0.05) is 13.8 Å². The predicted octanol–water partition coefficient (Wildman–Crippen LogP) is 2.37. The zero-order valence-electron chi connectivity index (χ0n) is 12.1.